The van der Waals surface area contributed by atoms with E-state index in [2.05, 4.69) is 15.4 Å². The Kier molecular flexibility index (Phi) is 4.97. The monoisotopic (exact) mass is 403 g/mol. The molecular formula is C22H18FN5O2. The molecule has 2 amide bonds. The molecule has 0 saturated heterocycles. The Morgan fingerprint density at radius 3 is 2.70 bits per heavy atom. The maximum absolute atomic E-state index is 13.4. The second-order valence-corrected chi connectivity index (χ2v) is 6.85. The fourth-order valence-electron chi connectivity index (χ4n) is 3.22. The lowest BCUT2D eigenvalue weighted by molar-refractivity contribution is 0.0996. The van der Waals surface area contributed by atoms with Gasteiger partial charge in [-0.3, -0.25) is 14.3 Å². The van der Waals surface area contributed by atoms with Gasteiger partial charge >= 0.3 is 0 Å². The molecule has 8 heteroatoms. The van der Waals surface area contributed by atoms with E-state index in [9.17, 15) is 14.0 Å². The molecule has 0 atom stereocenters. The Morgan fingerprint density at radius 2 is 1.93 bits per heavy atom. The second-order valence-electron chi connectivity index (χ2n) is 6.85. The van der Waals surface area contributed by atoms with Gasteiger partial charge in [-0.25, -0.2) is 9.37 Å². The topological polar surface area (TPSA) is 103 Å². The van der Waals surface area contributed by atoms with E-state index >= 15 is 0 Å². The van der Waals surface area contributed by atoms with Gasteiger partial charge in [-0.15, -0.1) is 0 Å². The largest absolute Gasteiger partial charge is 0.364 e. The van der Waals surface area contributed by atoms with Crippen molar-refractivity contribution in [2.24, 2.45) is 5.73 Å². The minimum Gasteiger partial charge on any atom is -0.364 e. The van der Waals surface area contributed by atoms with Crippen LogP contribution in [0.15, 0.2) is 60.8 Å². The average molecular weight is 403 g/mol. The SMILES string of the molecule is Cc1nn(Cc2cccc(F)c2)cc1NC(=O)c1cc(C(N)=O)nc2ccccc12. The second kappa shape index (κ2) is 7.75. The summed E-state index contributed by atoms with van der Waals surface area (Å²) < 4.78 is 15.0. The quantitative estimate of drug-likeness (QED) is 0.534. The van der Waals surface area contributed by atoms with Crippen LogP contribution in [0.5, 0.6) is 0 Å². The number of nitrogens with two attached hydrogens (primary N) is 1. The van der Waals surface area contributed by atoms with Crippen LogP contribution >= 0.6 is 0 Å². The molecule has 2 aromatic heterocycles. The molecule has 3 N–H and O–H groups in total. The molecule has 2 heterocycles. The predicted octanol–water partition coefficient (Wildman–Crippen LogP) is 3.28. The molecule has 0 saturated carbocycles. The van der Waals surface area contributed by atoms with Crippen molar-refractivity contribution in [2.75, 3.05) is 5.32 Å². The Morgan fingerprint density at radius 1 is 1.13 bits per heavy atom. The number of benzene rings is 2. The van der Waals surface area contributed by atoms with Gasteiger partial charge in [0, 0.05) is 11.6 Å². The smallest absolute Gasteiger partial charge is 0.267 e. The van der Waals surface area contributed by atoms with Crippen LogP contribution in [0, 0.1) is 12.7 Å². The van der Waals surface area contributed by atoms with E-state index in [0.29, 0.717) is 28.8 Å². The summed E-state index contributed by atoms with van der Waals surface area (Å²) >= 11 is 0. The van der Waals surface area contributed by atoms with E-state index in [-0.39, 0.29) is 17.1 Å². The van der Waals surface area contributed by atoms with Gasteiger partial charge in [0.15, 0.2) is 0 Å². The van der Waals surface area contributed by atoms with Crippen molar-refractivity contribution in [3.8, 4) is 0 Å². The lowest BCUT2D eigenvalue weighted by Crippen LogP contribution is -2.17. The molecule has 0 unspecified atom stereocenters. The minimum atomic E-state index is -0.714. The first-order valence-corrected chi connectivity index (χ1v) is 9.20. The van der Waals surface area contributed by atoms with Crippen LogP contribution in [-0.4, -0.2) is 26.6 Å². The number of amides is 2. The van der Waals surface area contributed by atoms with E-state index in [1.807, 2.05) is 0 Å². The Balaban J connectivity index is 1.63. The summed E-state index contributed by atoms with van der Waals surface area (Å²) in [4.78, 5) is 28.8. The highest BCUT2D eigenvalue weighted by Crippen LogP contribution is 2.21. The van der Waals surface area contributed by atoms with E-state index in [1.54, 1.807) is 54.2 Å². The fourth-order valence-corrected chi connectivity index (χ4v) is 3.22. The number of nitrogens with one attached hydrogen (secondary N) is 1. The van der Waals surface area contributed by atoms with Crippen molar-refractivity contribution >= 4 is 28.4 Å². The summed E-state index contributed by atoms with van der Waals surface area (Å²) in [6, 6.07) is 14.6. The number of para-hydroxylation sites is 1. The molecule has 0 spiro atoms. The Hall–Kier alpha value is -4.07. The van der Waals surface area contributed by atoms with E-state index in [4.69, 9.17) is 5.73 Å². The molecule has 2 aromatic carbocycles. The summed E-state index contributed by atoms with van der Waals surface area (Å²) in [5.41, 5.74) is 8.03. The van der Waals surface area contributed by atoms with Gasteiger partial charge in [-0.2, -0.15) is 5.10 Å². The van der Waals surface area contributed by atoms with E-state index in [1.165, 1.54) is 18.2 Å². The maximum atomic E-state index is 13.4. The van der Waals surface area contributed by atoms with Gasteiger partial charge in [-0.1, -0.05) is 30.3 Å². The van der Waals surface area contributed by atoms with Gasteiger partial charge in [0.1, 0.15) is 11.5 Å². The standard InChI is InChI=1S/C22H18FN5O2/c1-13-20(12-28(27-13)11-14-5-4-6-15(23)9-14)26-22(30)17-10-19(21(24)29)25-18-8-3-2-7-16(17)18/h2-10,12H,11H2,1H3,(H2,24,29)(H,26,30). The van der Waals surface area contributed by atoms with Crippen molar-refractivity contribution in [2.45, 2.75) is 13.5 Å². The number of aryl methyl sites for hydroxylation is 1. The highest BCUT2D eigenvalue weighted by atomic mass is 19.1. The first kappa shape index (κ1) is 19.3. The number of anilines is 1. The van der Waals surface area contributed by atoms with Crippen molar-refractivity contribution in [3.63, 3.8) is 0 Å². The van der Waals surface area contributed by atoms with Crippen LogP contribution in [0.2, 0.25) is 0 Å². The number of aromatic nitrogens is 3. The van der Waals surface area contributed by atoms with Gasteiger partial charge in [0.25, 0.3) is 11.8 Å². The number of nitrogens with zero attached hydrogens (tertiary/aromatic N) is 3. The summed E-state index contributed by atoms with van der Waals surface area (Å²) in [6.45, 7) is 2.12. The van der Waals surface area contributed by atoms with Crippen LogP contribution < -0.4 is 11.1 Å². The molecule has 0 aliphatic carbocycles. The lowest BCUT2D eigenvalue weighted by atomic mass is 10.1. The number of carbonyl (C=O) groups is 2. The van der Waals surface area contributed by atoms with E-state index in [0.717, 1.165) is 5.56 Å². The normalized spacial score (nSPS) is 10.9. The van der Waals surface area contributed by atoms with Crippen LogP contribution in [0.4, 0.5) is 10.1 Å². The third-order valence-electron chi connectivity index (χ3n) is 4.64. The third kappa shape index (κ3) is 3.88. The van der Waals surface area contributed by atoms with Crippen LogP contribution in [0.3, 0.4) is 0 Å². The first-order chi connectivity index (χ1) is 14.4. The zero-order valence-electron chi connectivity index (χ0n) is 16.1. The highest BCUT2D eigenvalue weighted by Gasteiger charge is 2.17. The van der Waals surface area contributed by atoms with Gasteiger partial charge < -0.3 is 11.1 Å². The van der Waals surface area contributed by atoms with Gasteiger partial charge in [0.2, 0.25) is 0 Å². The van der Waals surface area contributed by atoms with Crippen LogP contribution in [0.1, 0.15) is 32.1 Å². The Bertz CT molecular complexity index is 1280. The van der Waals surface area contributed by atoms with E-state index < -0.39 is 11.8 Å². The molecule has 7 nitrogen and oxygen atoms in total. The zero-order chi connectivity index (χ0) is 21.3. The van der Waals surface area contributed by atoms with Crippen molar-refractivity contribution < 1.29 is 14.0 Å². The first-order valence-electron chi connectivity index (χ1n) is 9.20. The third-order valence-corrected chi connectivity index (χ3v) is 4.64. The molecule has 30 heavy (non-hydrogen) atoms. The zero-order valence-corrected chi connectivity index (χ0v) is 16.1. The average Bonchev–Trinajstić information content (AvgIpc) is 3.05. The number of pyridine rings is 1. The Labute approximate surface area is 171 Å². The van der Waals surface area contributed by atoms with Gasteiger partial charge in [0.05, 0.1) is 29.0 Å². The molecule has 0 bridgehead atoms. The van der Waals surface area contributed by atoms with Crippen LogP contribution in [0.25, 0.3) is 10.9 Å². The maximum Gasteiger partial charge on any atom is 0.267 e. The number of hydrogen-bond acceptors (Lipinski definition) is 4. The van der Waals surface area contributed by atoms with Crippen LogP contribution in [-0.2, 0) is 6.54 Å². The number of primary amides is 1. The summed E-state index contributed by atoms with van der Waals surface area (Å²) in [6.07, 6.45) is 1.68. The molecule has 0 fully saturated rings. The molecule has 0 aliphatic rings. The molecule has 0 aliphatic heterocycles. The molecular weight excluding hydrogens is 385 g/mol. The number of rotatable bonds is 5. The lowest BCUT2D eigenvalue weighted by Gasteiger charge is -2.08. The molecule has 0 radical (unpaired) electrons. The summed E-state index contributed by atoms with van der Waals surface area (Å²) in [5, 5.41) is 7.81. The summed E-state index contributed by atoms with van der Waals surface area (Å²) in [5.74, 6) is -1.45. The molecule has 150 valence electrons. The molecule has 4 aromatic rings. The number of hydrogen-bond donors (Lipinski definition) is 2. The number of halogens is 1. The number of fused-ring (bicyclic) bond motifs is 1. The highest BCUT2D eigenvalue weighted by molar-refractivity contribution is 6.13. The fraction of sp³-hybridized carbons (Fsp3) is 0.0909. The van der Waals surface area contributed by atoms with Gasteiger partial charge in [-0.05, 0) is 36.8 Å². The van der Waals surface area contributed by atoms with Crippen molar-refractivity contribution in [3.05, 3.63) is 89.1 Å². The molecule has 4 rings (SSSR count). The van der Waals surface area contributed by atoms with Crippen molar-refractivity contribution in [1.29, 1.82) is 0 Å². The van der Waals surface area contributed by atoms with Crippen molar-refractivity contribution in [1.82, 2.24) is 14.8 Å². The summed E-state index contributed by atoms with van der Waals surface area (Å²) in [7, 11) is 0. The number of carbonyl (C=O) groups excluding carboxylic acids is 2. The minimum absolute atomic E-state index is 0.0115. The predicted molar refractivity (Wildman–Crippen MR) is 111 cm³/mol.